The molecule has 3 rings (SSSR count). The van der Waals surface area contributed by atoms with E-state index in [1.165, 1.54) is 0 Å². The van der Waals surface area contributed by atoms with Crippen molar-refractivity contribution in [1.82, 2.24) is 14.8 Å². The highest BCUT2D eigenvalue weighted by Crippen LogP contribution is 2.28. The van der Waals surface area contributed by atoms with Crippen molar-refractivity contribution in [2.75, 3.05) is 12.3 Å². The molecule has 2 aromatic rings. The van der Waals surface area contributed by atoms with Crippen LogP contribution in [0, 0.1) is 0 Å². The Labute approximate surface area is 104 Å². The van der Waals surface area contributed by atoms with Gasteiger partial charge in [-0.3, -0.25) is 0 Å². The van der Waals surface area contributed by atoms with Gasteiger partial charge < -0.3 is 10.5 Å². The number of pyridine rings is 1. The van der Waals surface area contributed by atoms with Crippen LogP contribution in [0.2, 0.25) is 5.15 Å². The fourth-order valence-corrected chi connectivity index (χ4v) is 2.34. The molecule has 17 heavy (non-hydrogen) atoms. The standard InChI is InChI=1S/C11H13ClN4O/c12-9-5-8(13)7-6-14-16(11(7)15-9)10-3-1-2-4-17-10/h5-6,10H,1-4H2,(H2,13,15). The monoisotopic (exact) mass is 252 g/mol. The van der Waals surface area contributed by atoms with Crippen LogP contribution in [0.15, 0.2) is 12.3 Å². The fraction of sp³-hybridized carbons (Fsp3) is 0.455. The molecule has 0 aliphatic carbocycles. The van der Waals surface area contributed by atoms with Crippen LogP contribution in [0.3, 0.4) is 0 Å². The first-order valence-corrected chi connectivity index (χ1v) is 6.04. The predicted octanol–water partition coefficient (Wildman–Crippen LogP) is 2.37. The van der Waals surface area contributed by atoms with Crippen LogP contribution in [0.25, 0.3) is 11.0 Å². The predicted molar refractivity (Wildman–Crippen MR) is 65.8 cm³/mol. The van der Waals surface area contributed by atoms with E-state index in [1.54, 1.807) is 16.9 Å². The van der Waals surface area contributed by atoms with Crippen molar-refractivity contribution in [1.29, 1.82) is 0 Å². The zero-order chi connectivity index (χ0) is 11.8. The average molecular weight is 253 g/mol. The summed E-state index contributed by atoms with van der Waals surface area (Å²) in [5.74, 6) is 0. The van der Waals surface area contributed by atoms with Crippen molar-refractivity contribution in [2.24, 2.45) is 0 Å². The van der Waals surface area contributed by atoms with Gasteiger partial charge >= 0.3 is 0 Å². The molecule has 1 atom stereocenters. The number of rotatable bonds is 1. The molecule has 0 saturated carbocycles. The molecule has 0 amide bonds. The lowest BCUT2D eigenvalue weighted by atomic mass is 10.2. The third-order valence-electron chi connectivity index (χ3n) is 3.00. The SMILES string of the molecule is Nc1cc(Cl)nc2c1cnn2C1CCCCO1. The lowest BCUT2D eigenvalue weighted by Gasteiger charge is -2.23. The van der Waals surface area contributed by atoms with Gasteiger partial charge in [0, 0.05) is 12.3 Å². The summed E-state index contributed by atoms with van der Waals surface area (Å²) in [6.45, 7) is 0.766. The third-order valence-corrected chi connectivity index (χ3v) is 3.19. The van der Waals surface area contributed by atoms with E-state index in [0.29, 0.717) is 16.5 Å². The minimum Gasteiger partial charge on any atom is -0.398 e. The number of fused-ring (bicyclic) bond motifs is 1. The van der Waals surface area contributed by atoms with E-state index in [2.05, 4.69) is 10.1 Å². The number of nitrogen functional groups attached to an aromatic ring is 1. The first-order valence-electron chi connectivity index (χ1n) is 5.66. The van der Waals surface area contributed by atoms with E-state index < -0.39 is 0 Å². The lowest BCUT2D eigenvalue weighted by Crippen LogP contribution is -2.19. The molecule has 0 spiro atoms. The second-order valence-electron chi connectivity index (χ2n) is 4.18. The number of hydrogen-bond donors (Lipinski definition) is 1. The maximum atomic E-state index is 5.92. The first-order chi connectivity index (χ1) is 8.25. The summed E-state index contributed by atoms with van der Waals surface area (Å²) < 4.78 is 7.46. The lowest BCUT2D eigenvalue weighted by molar-refractivity contribution is -0.0370. The quantitative estimate of drug-likeness (QED) is 0.792. The summed E-state index contributed by atoms with van der Waals surface area (Å²) in [5, 5.41) is 5.52. The second kappa shape index (κ2) is 4.16. The molecule has 90 valence electrons. The van der Waals surface area contributed by atoms with E-state index >= 15 is 0 Å². The highest BCUT2D eigenvalue weighted by Gasteiger charge is 2.20. The van der Waals surface area contributed by atoms with Gasteiger partial charge in [-0.05, 0) is 25.3 Å². The maximum Gasteiger partial charge on any atom is 0.164 e. The van der Waals surface area contributed by atoms with Crippen LogP contribution < -0.4 is 5.73 Å². The molecule has 1 aliphatic heterocycles. The minimum absolute atomic E-state index is 0.0494. The molecule has 2 N–H and O–H groups in total. The van der Waals surface area contributed by atoms with Gasteiger partial charge in [-0.1, -0.05) is 11.6 Å². The summed E-state index contributed by atoms with van der Waals surface area (Å²) in [7, 11) is 0. The van der Waals surface area contributed by atoms with Crippen molar-refractivity contribution in [3.63, 3.8) is 0 Å². The largest absolute Gasteiger partial charge is 0.398 e. The minimum atomic E-state index is -0.0494. The van der Waals surface area contributed by atoms with Gasteiger partial charge in [0.25, 0.3) is 0 Å². The van der Waals surface area contributed by atoms with E-state index in [4.69, 9.17) is 22.1 Å². The number of halogens is 1. The Morgan fingerprint density at radius 2 is 2.35 bits per heavy atom. The van der Waals surface area contributed by atoms with Gasteiger partial charge in [-0.15, -0.1) is 0 Å². The highest BCUT2D eigenvalue weighted by atomic mass is 35.5. The van der Waals surface area contributed by atoms with Gasteiger partial charge in [0.1, 0.15) is 5.15 Å². The molecule has 1 aliphatic rings. The Hall–Kier alpha value is -1.33. The molecular formula is C11H13ClN4O. The maximum absolute atomic E-state index is 5.92. The summed E-state index contributed by atoms with van der Waals surface area (Å²) >= 11 is 5.92. The fourth-order valence-electron chi connectivity index (χ4n) is 2.14. The van der Waals surface area contributed by atoms with Crippen molar-refractivity contribution >= 4 is 28.3 Å². The molecule has 0 bridgehead atoms. The van der Waals surface area contributed by atoms with Crippen LogP contribution in [-0.2, 0) is 4.74 Å². The molecule has 1 fully saturated rings. The topological polar surface area (TPSA) is 66.0 Å². The molecule has 3 heterocycles. The second-order valence-corrected chi connectivity index (χ2v) is 4.57. The zero-order valence-electron chi connectivity index (χ0n) is 9.27. The van der Waals surface area contributed by atoms with E-state index in [0.717, 1.165) is 31.3 Å². The van der Waals surface area contributed by atoms with Crippen LogP contribution in [0.1, 0.15) is 25.5 Å². The van der Waals surface area contributed by atoms with E-state index in [1.807, 2.05) is 0 Å². The molecule has 2 aromatic heterocycles. The van der Waals surface area contributed by atoms with Gasteiger partial charge in [-0.2, -0.15) is 5.10 Å². The van der Waals surface area contributed by atoms with Crippen molar-refractivity contribution < 1.29 is 4.74 Å². The Kier molecular flexibility index (Phi) is 2.64. The number of aromatic nitrogens is 3. The number of ether oxygens (including phenoxy) is 1. The van der Waals surface area contributed by atoms with Crippen LogP contribution in [0.4, 0.5) is 5.69 Å². The third kappa shape index (κ3) is 1.85. The van der Waals surface area contributed by atoms with E-state index in [-0.39, 0.29) is 6.23 Å². The Morgan fingerprint density at radius 3 is 3.12 bits per heavy atom. The van der Waals surface area contributed by atoms with Gasteiger partial charge in [0.15, 0.2) is 11.9 Å². The van der Waals surface area contributed by atoms with Gasteiger partial charge in [-0.25, -0.2) is 9.67 Å². The van der Waals surface area contributed by atoms with Crippen molar-refractivity contribution in [2.45, 2.75) is 25.5 Å². The first kappa shape index (κ1) is 10.8. The molecule has 0 aromatic carbocycles. The Balaban J connectivity index is 2.10. The number of hydrogen-bond acceptors (Lipinski definition) is 4. The normalized spacial score (nSPS) is 20.9. The highest BCUT2D eigenvalue weighted by molar-refractivity contribution is 6.30. The van der Waals surface area contributed by atoms with Gasteiger partial charge in [0.2, 0.25) is 0 Å². The summed E-state index contributed by atoms with van der Waals surface area (Å²) in [4.78, 5) is 4.28. The zero-order valence-corrected chi connectivity index (χ0v) is 10.0. The van der Waals surface area contributed by atoms with Crippen LogP contribution in [0.5, 0.6) is 0 Å². The molecule has 5 nitrogen and oxygen atoms in total. The molecular weight excluding hydrogens is 240 g/mol. The van der Waals surface area contributed by atoms with Crippen LogP contribution in [-0.4, -0.2) is 21.4 Å². The summed E-state index contributed by atoms with van der Waals surface area (Å²) in [6.07, 6.45) is 4.86. The average Bonchev–Trinajstić information content (AvgIpc) is 2.74. The number of nitrogens with two attached hydrogens (primary N) is 1. The Morgan fingerprint density at radius 1 is 1.47 bits per heavy atom. The van der Waals surface area contributed by atoms with E-state index in [9.17, 15) is 0 Å². The Bertz CT molecular complexity index is 548. The summed E-state index contributed by atoms with van der Waals surface area (Å²) in [6, 6.07) is 1.64. The van der Waals surface area contributed by atoms with Crippen LogP contribution >= 0.6 is 11.6 Å². The van der Waals surface area contributed by atoms with Crippen molar-refractivity contribution in [3.8, 4) is 0 Å². The molecule has 6 heteroatoms. The molecule has 1 unspecified atom stereocenters. The number of nitrogens with zero attached hydrogens (tertiary/aromatic N) is 3. The smallest absolute Gasteiger partial charge is 0.164 e. The molecule has 0 radical (unpaired) electrons. The van der Waals surface area contributed by atoms with Crippen molar-refractivity contribution in [3.05, 3.63) is 17.4 Å². The number of anilines is 1. The van der Waals surface area contributed by atoms with Gasteiger partial charge in [0.05, 0.1) is 11.6 Å². The molecule has 1 saturated heterocycles. The summed E-state index contributed by atoms with van der Waals surface area (Å²) in [5.41, 5.74) is 7.18.